The quantitative estimate of drug-likeness (QED) is 0.693. The molecule has 0 aliphatic rings. The van der Waals surface area contributed by atoms with E-state index >= 15 is 0 Å². The van der Waals surface area contributed by atoms with Gasteiger partial charge in [0.2, 0.25) is 5.91 Å². The molecule has 0 heterocycles. The fourth-order valence-electron chi connectivity index (χ4n) is 2.25. The number of nitrogens with one attached hydrogen (secondary N) is 1. The Labute approximate surface area is 152 Å². The Morgan fingerprint density at radius 2 is 1.80 bits per heavy atom. The highest BCUT2D eigenvalue weighted by atomic mass is 32.2. The Morgan fingerprint density at radius 3 is 2.52 bits per heavy atom. The summed E-state index contributed by atoms with van der Waals surface area (Å²) in [4.78, 5) is 13.1. The van der Waals surface area contributed by atoms with Gasteiger partial charge in [0.1, 0.15) is 5.75 Å². The molecule has 0 fully saturated rings. The van der Waals surface area contributed by atoms with Gasteiger partial charge in [-0.3, -0.25) is 4.79 Å². The van der Waals surface area contributed by atoms with Crippen LogP contribution in [-0.4, -0.2) is 32.5 Å². The van der Waals surface area contributed by atoms with Crippen LogP contribution >= 0.6 is 11.8 Å². The first kappa shape index (κ1) is 19.0. The SMILES string of the molecule is CCOc1ccccc1CNC(=O)CSc1ccc(OC)c(OC)c1. The minimum atomic E-state index is -0.0360. The first-order valence-corrected chi connectivity index (χ1v) is 8.98. The van der Waals surface area contributed by atoms with Gasteiger partial charge in [-0.25, -0.2) is 0 Å². The van der Waals surface area contributed by atoms with Crippen LogP contribution in [0.5, 0.6) is 17.2 Å². The summed E-state index contributed by atoms with van der Waals surface area (Å²) in [5.41, 5.74) is 0.966. The Hall–Kier alpha value is -2.34. The number of thioether (sulfide) groups is 1. The Morgan fingerprint density at radius 1 is 1.04 bits per heavy atom. The van der Waals surface area contributed by atoms with Crippen LogP contribution in [0.3, 0.4) is 0 Å². The fraction of sp³-hybridized carbons (Fsp3) is 0.316. The number of carbonyl (C=O) groups excluding carboxylic acids is 1. The summed E-state index contributed by atoms with van der Waals surface area (Å²) in [6.45, 7) is 2.98. The van der Waals surface area contributed by atoms with Gasteiger partial charge in [-0.2, -0.15) is 0 Å². The number of carbonyl (C=O) groups is 1. The third-order valence-corrected chi connectivity index (χ3v) is 4.47. The predicted molar refractivity (Wildman–Crippen MR) is 99.7 cm³/mol. The van der Waals surface area contributed by atoms with Crippen LogP contribution in [0.4, 0.5) is 0 Å². The standard InChI is InChI=1S/C19H23NO4S/c1-4-24-16-8-6-5-7-14(16)12-20-19(21)13-25-15-9-10-17(22-2)18(11-15)23-3/h5-11H,4,12-13H2,1-3H3,(H,20,21). The number of ether oxygens (including phenoxy) is 3. The average molecular weight is 361 g/mol. The first-order valence-electron chi connectivity index (χ1n) is 8.00. The molecule has 1 N–H and O–H groups in total. The minimum Gasteiger partial charge on any atom is -0.494 e. The van der Waals surface area contributed by atoms with E-state index < -0.39 is 0 Å². The minimum absolute atomic E-state index is 0.0360. The van der Waals surface area contributed by atoms with Crippen molar-refractivity contribution in [3.8, 4) is 17.2 Å². The maximum absolute atomic E-state index is 12.1. The summed E-state index contributed by atoms with van der Waals surface area (Å²) in [7, 11) is 3.19. The molecule has 2 aromatic rings. The lowest BCUT2D eigenvalue weighted by Crippen LogP contribution is -2.24. The van der Waals surface area contributed by atoms with Crippen molar-refractivity contribution in [1.29, 1.82) is 0 Å². The van der Waals surface area contributed by atoms with E-state index in [1.54, 1.807) is 14.2 Å². The maximum Gasteiger partial charge on any atom is 0.230 e. The molecule has 0 saturated heterocycles. The second-order valence-electron chi connectivity index (χ2n) is 5.12. The van der Waals surface area contributed by atoms with E-state index in [1.807, 2.05) is 49.4 Å². The molecule has 0 aromatic heterocycles. The van der Waals surface area contributed by atoms with Gasteiger partial charge in [-0.15, -0.1) is 11.8 Å². The number of benzene rings is 2. The third kappa shape index (κ3) is 5.60. The van der Waals surface area contributed by atoms with Gasteiger partial charge in [0.05, 0.1) is 26.6 Å². The number of hydrogen-bond acceptors (Lipinski definition) is 5. The number of rotatable bonds is 9. The Bertz CT molecular complexity index is 706. The van der Waals surface area contributed by atoms with Crippen molar-refractivity contribution >= 4 is 17.7 Å². The molecule has 0 atom stereocenters. The van der Waals surface area contributed by atoms with Gasteiger partial charge >= 0.3 is 0 Å². The fourth-order valence-corrected chi connectivity index (χ4v) is 3.00. The first-order chi connectivity index (χ1) is 12.2. The van der Waals surface area contributed by atoms with Crippen molar-refractivity contribution in [3.63, 3.8) is 0 Å². The van der Waals surface area contributed by atoms with Crippen LogP contribution in [-0.2, 0) is 11.3 Å². The van der Waals surface area contributed by atoms with Gasteiger partial charge < -0.3 is 19.5 Å². The third-order valence-electron chi connectivity index (χ3n) is 3.47. The summed E-state index contributed by atoms with van der Waals surface area (Å²) in [6.07, 6.45) is 0. The molecule has 25 heavy (non-hydrogen) atoms. The second-order valence-corrected chi connectivity index (χ2v) is 6.17. The molecule has 2 aromatic carbocycles. The topological polar surface area (TPSA) is 56.8 Å². The van der Waals surface area contributed by atoms with Gasteiger partial charge in [0, 0.05) is 17.0 Å². The summed E-state index contributed by atoms with van der Waals surface area (Å²) < 4.78 is 16.0. The monoisotopic (exact) mass is 361 g/mol. The smallest absolute Gasteiger partial charge is 0.230 e. The lowest BCUT2D eigenvalue weighted by Gasteiger charge is -2.11. The van der Waals surface area contributed by atoms with Gasteiger partial charge in [-0.1, -0.05) is 18.2 Å². The number of methoxy groups -OCH3 is 2. The van der Waals surface area contributed by atoms with Crippen LogP contribution in [0.25, 0.3) is 0 Å². The van der Waals surface area contributed by atoms with E-state index in [0.29, 0.717) is 30.4 Å². The highest BCUT2D eigenvalue weighted by Gasteiger charge is 2.08. The van der Waals surface area contributed by atoms with E-state index in [4.69, 9.17) is 14.2 Å². The zero-order valence-electron chi connectivity index (χ0n) is 14.7. The summed E-state index contributed by atoms with van der Waals surface area (Å²) in [5, 5.41) is 2.92. The van der Waals surface area contributed by atoms with Crippen LogP contribution in [0.1, 0.15) is 12.5 Å². The predicted octanol–water partition coefficient (Wildman–Crippen LogP) is 3.51. The highest BCUT2D eigenvalue weighted by Crippen LogP contribution is 2.31. The van der Waals surface area contributed by atoms with Gasteiger partial charge in [0.15, 0.2) is 11.5 Å². The molecular weight excluding hydrogens is 338 g/mol. The zero-order valence-corrected chi connectivity index (χ0v) is 15.5. The molecule has 0 spiro atoms. The molecule has 0 aliphatic carbocycles. The molecule has 0 aliphatic heterocycles. The van der Waals surface area contributed by atoms with E-state index in [1.165, 1.54) is 11.8 Å². The van der Waals surface area contributed by atoms with Crippen LogP contribution < -0.4 is 19.5 Å². The van der Waals surface area contributed by atoms with Crippen molar-refractivity contribution in [2.45, 2.75) is 18.4 Å². The van der Waals surface area contributed by atoms with Gasteiger partial charge in [0.25, 0.3) is 0 Å². The van der Waals surface area contributed by atoms with Crippen molar-refractivity contribution < 1.29 is 19.0 Å². The zero-order chi connectivity index (χ0) is 18.1. The maximum atomic E-state index is 12.1. The average Bonchev–Trinajstić information content (AvgIpc) is 2.65. The lowest BCUT2D eigenvalue weighted by molar-refractivity contribution is -0.118. The van der Waals surface area contributed by atoms with Crippen LogP contribution in [0, 0.1) is 0 Å². The second kappa shape index (κ2) is 9.84. The highest BCUT2D eigenvalue weighted by molar-refractivity contribution is 8.00. The molecule has 6 heteroatoms. The largest absolute Gasteiger partial charge is 0.494 e. The van der Waals surface area contributed by atoms with E-state index in [0.717, 1.165) is 16.2 Å². The molecule has 0 unspecified atom stereocenters. The summed E-state index contributed by atoms with van der Waals surface area (Å²) in [5.74, 6) is 2.41. The van der Waals surface area contributed by atoms with Crippen LogP contribution in [0.2, 0.25) is 0 Å². The normalized spacial score (nSPS) is 10.2. The van der Waals surface area contributed by atoms with Crippen molar-refractivity contribution in [2.75, 3.05) is 26.6 Å². The Balaban J connectivity index is 1.87. The molecule has 0 saturated carbocycles. The summed E-state index contributed by atoms with van der Waals surface area (Å²) >= 11 is 1.45. The van der Waals surface area contributed by atoms with Crippen molar-refractivity contribution in [1.82, 2.24) is 5.32 Å². The number of para-hydroxylation sites is 1. The molecule has 134 valence electrons. The van der Waals surface area contributed by atoms with E-state index in [-0.39, 0.29) is 5.91 Å². The molecule has 1 amide bonds. The lowest BCUT2D eigenvalue weighted by atomic mass is 10.2. The molecule has 0 bridgehead atoms. The number of hydrogen-bond donors (Lipinski definition) is 1. The van der Waals surface area contributed by atoms with Crippen molar-refractivity contribution in [3.05, 3.63) is 48.0 Å². The molecule has 5 nitrogen and oxygen atoms in total. The van der Waals surface area contributed by atoms with E-state index in [2.05, 4.69) is 5.32 Å². The summed E-state index contributed by atoms with van der Waals surface area (Å²) in [6, 6.07) is 13.3. The Kier molecular flexibility index (Phi) is 7.47. The number of amides is 1. The van der Waals surface area contributed by atoms with Crippen molar-refractivity contribution in [2.24, 2.45) is 0 Å². The van der Waals surface area contributed by atoms with E-state index in [9.17, 15) is 4.79 Å². The molecule has 2 rings (SSSR count). The van der Waals surface area contributed by atoms with Crippen LogP contribution in [0.15, 0.2) is 47.4 Å². The van der Waals surface area contributed by atoms with Gasteiger partial charge in [-0.05, 0) is 31.2 Å². The molecular formula is C19H23NO4S. The molecule has 0 radical (unpaired) electrons.